The first-order valence-corrected chi connectivity index (χ1v) is 6.00. The van der Waals surface area contributed by atoms with Crippen LogP contribution in [0.2, 0.25) is 4.81 Å². The monoisotopic (exact) mass is 257 g/mol. The van der Waals surface area contributed by atoms with Gasteiger partial charge in [0.15, 0.2) is 0 Å². The molecule has 0 fully saturated rings. The Labute approximate surface area is 48.1 Å². The fourth-order valence-electron chi connectivity index (χ4n) is 0.228. The molecule has 0 spiro atoms. The molecule has 1 nitrogen and oxygen atoms in total. The molecule has 0 aliphatic rings. The zero-order valence-electron chi connectivity index (χ0n) is 4.11. The van der Waals surface area contributed by atoms with Gasteiger partial charge in [0, 0.05) is 0 Å². The first-order chi connectivity index (χ1) is 2.91. The van der Waals surface area contributed by atoms with Gasteiger partial charge >= 0.3 is 47.7 Å². The van der Waals surface area contributed by atoms with Crippen LogP contribution in [-0.4, -0.2) is 0 Å². The molecule has 0 aromatic heterocycles. The average molecular weight is 257 g/mol. The van der Waals surface area contributed by atoms with Crippen molar-refractivity contribution in [3.05, 3.63) is 0 Å². The van der Waals surface area contributed by atoms with E-state index in [4.69, 9.17) is 4.29 Å². The predicted molar refractivity (Wildman–Crippen MR) is 23.9 cm³/mol. The minimum absolute atomic E-state index is 0.287. The number of rotatable bonds is 3. The summed E-state index contributed by atoms with van der Waals surface area (Å²) in [6, 6.07) is 0. The van der Waals surface area contributed by atoms with Crippen molar-refractivity contribution in [1.82, 2.24) is 0 Å². The van der Waals surface area contributed by atoms with Crippen LogP contribution in [0.1, 0.15) is 19.8 Å². The Morgan fingerprint density at radius 3 is 2.50 bits per heavy atom. The van der Waals surface area contributed by atoms with Gasteiger partial charge in [0.2, 0.25) is 0 Å². The standard InChI is InChI=1S/C4H9.H2N.W/c1-3-4-2;;/h1,3-4H2,2H3;1H2;/q;-1;+1. The maximum absolute atomic E-state index is 5.38. The van der Waals surface area contributed by atoms with Crippen LogP contribution < -0.4 is 4.29 Å². The third-order valence-electron chi connectivity index (χ3n) is 0.616. The second-order valence-electron chi connectivity index (χ2n) is 1.22. The van der Waals surface area contributed by atoms with Crippen molar-refractivity contribution >= 4 is 0 Å². The van der Waals surface area contributed by atoms with Crippen molar-refractivity contribution in [3.63, 3.8) is 0 Å². The van der Waals surface area contributed by atoms with Gasteiger partial charge in [0.25, 0.3) is 0 Å². The Morgan fingerprint density at radius 2 is 2.33 bits per heavy atom. The maximum atomic E-state index is 5.38. The third kappa shape index (κ3) is 4.65. The van der Waals surface area contributed by atoms with Gasteiger partial charge in [0.1, 0.15) is 0 Å². The SMILES string of the molecule is CCC[CH2][W][NH2]. The molecule has 0 saturated heterocycles. The van der Waals surface area contributed by atoms with Crippen LogP contribution in [0, 0.1) is 0 Å². The van der Waals surface area contributed by atoms with Crippen molar-refractivity contribution < 1.29 is 18.8 Å². The Balaban J connectivity index is 2.34. The van der Waals surface area contributed by atoms with Crippen LogP contribution >= 0.6 is 0 Å². The molecule has 0 aliphatic heterocycles. The van der Waals surface area contributed by atoms with E-state index in [2.05, 4.69) is 6.92 Å². The second-order valence-corrected chi connectivity index (χ2v) is 3.89. The van der Waals surface area contributed by atoms with Crippen LogP contribution in [0.5, 0.6) is 0 Å². The van der Waals surface area contributed by atoms with Crippen molar-refractivity contribution in [3.8, 4) is 0 Å². The quantitative estimate of drug-likeness (QED) is 0.754. The average Bonchev–Trinajstić information content (AvgIpc) is 1.61. The van der Waals surface area contributed by atoms with Gasteiger partial charge in [-0.15, -0.1) is 0 Å². The number of nitrogens with two attached hydrogens (primary N) is 1. The van der Waals surface area contributed by atoms with E-state index >= 15 is 0 Å². The molecular formula is C4H11NW. The van der Waals surface area contributed by atoms with Gasteiger partial charge in [-0.05, 0) is 0 Å². The summed E-state index contributed by atoms with van der Waals surface area (Å²) in [6.07, 6.45) is 2.68. The molecule has 0 atom stereocenters. The molecule has 0 rings (SSSR count). The summed E-state index contributed by atoms with van der Waals surface area (Å²) in [5.41, 5.74) is 0. The topological polar surface area (TPSA) is 26.0 Å². The van der Waals surface area contributed by atoms with Crippen molar-refractivity contribution in [2.75, 3.05) is 0 Å². The van der Waals surface area contributed by atoms with Crippen LogP contribution in [0.15, 0.2) is 0 Å². The Morgan fingerprint density at radius 1 is 1.67 bits per heavy atom. The molecule has 2 heteroatoms. The molecule has 38 valence electrons. The first kappa shape index (κ1) is 6.65. The predicted octanol–water partition coefficient (Wildman–Crippen LogP) is 1.16. The fraction of sp³-hybridized carbons (Fsp3) is 1.00. The second kappa shape index (κ2) is 5.65. The summed E-state index contributed by atoms with van der Waals surface area (Å²) in [5.74, 6) is 0. The zero-order valence-corrected chi connectivity index (χ0v) is 7.04. The summed E-state index contributed by atoms with van der Waals surface area (Å²) in [6.45, 7) is 2.20. The molecule has 0 amide bonds. The van der Waals surface area contributed by atoms with Crippen LogP contribution in [0.25, 0.3) is 0 Å². The molecule has 0 unspecified atom stereocenters. The van der Waals surface area contributed by atoms with Gasteiger partial charge < -0.3 is 0 Å². The van der Waals surface area contributed by atoms with Crippen LogP contribution in [-0.2, 0) is 18.8 Å². The van der Waals surface area contributed by atoms with Gasteiger partial charge in [-0.1, -0.05) is 0 Å². The molecule has 0 radical (unpaired) electrons. The summed E-state index contributed by atoms with van der Waals surface area (Å²) in [4.78, 5) is 1.36. The van der Waals surface area contributed by atoms with Gasteiger partial charge in [-0.25, -0.2) is 0 Å². The molecular weight excluding hydrogens is 246 g/mol. The molecule has 0 saturated carbocycles. The normalized spacial score (nSPS) is 9.00. The molecule has 6 heavy (non-hydrogen) atoms. The Bertz CT molecular complexity index is 19.5. The van der Waals surface area contributed by atoms with Crippen molar-refractivity contribution in [2.45, 2.75) is 24.6 Å². The van der Waals surface area contributed by atoms with Gasteiger partial charge in [-0.3, -0.25) is 0 Å². The summed E-state index contributed by atoms with van der Waals surface area (Å²) in [5, 5.41) is 0. The van der Waals surface area contributed by atoms with Crippen molar-refractivity contribution in [2.24, 2.45) is 4.29 Å². The van der Waals surface area contributed by atoms with E-state index < -0.39 is 0 Å². The first-order valence-electron chi connectivity index (χ1n) is 2.23. The Hall–Kier alpha value is 0.648. The van der Waals surface area contributed by atoms with E-state index in [1.807, 2.05) is 0 Å². The Kier molecular flexibility index (Phi) is 6.26. The molecule has 0 aromatic carbocycles. The fourth-order valence-corrected chi connectivity index (χ4v) is 1.86. The zero-order chi connectivity index (χ0) is 4.83. The number of hydrogen-bond donors (Lipinski definition) is 1. The molecule has 0 heterocycles. The summed E-state index contributed by atoms with van der Waals surface area (Å²) >= 11 is -0.287. The summed E-state index contributed by atoms with van der Waals surface area (Å²) in [7, 11) is 0. The number of hydrogen-bond acceptors (Lipinski definition) is 1. The van der Waals surface area contributed by atoms with Gasteiger partial charge in [0.05, 0.1) is 0 Å². The molecule has 2 N–H and O–H groups in total. The van der Waals surface area contributed by atoms with Crippen molar-refractivity contribution in [1.29, 1.82) is 0 Å². The molecule has 0 bridgehead atoms. The van der Waals surface area contributed by atoms with E-state index in [1.54, 1.807) is 0 Å². The van der Waals surface area contributed by atoms with Gasteiger partial charge in [-0.2, -0.15) is 0 Å². The molecule has 0 aromatic rings. The van der Waals surface area contributed by atoms with E-state index in [0.29, 0.717) is 0 Å². The minimum atomic E-state index is -0.287. The van der Waals surface area contributed by atoms with E-state index in [-0.39, 0.29) is 18.8 Å². The third-order valence-corrected chi connectivity index (χ3v) is 2.50. The van der Waals surface area contributed by atoms with E-state index in [1.165, 1.54) is 17.7 Å². The summed E-state index contributed by atoms with van der Waals surface area (Å²) < 4.78 is 5.38. The molecule has 0 aliphatic carbocycles. The van der Waals surface area contributed by atoms with Crippen LogP contribution in [0.4, 0.5) is 0 Å². The van der Waals surface area contributed by atoms with Crippen LogP contribution in [0.3, 0.4) is 0 Å². The van der Waals surface area contributed by atoms with E-state index in [9.17, 15) is 0 Å². The van der Waals surface area contributed by atoms with E-state index in [0.717, 1.165) is 0 Å². The number of unbranched alkanes of at least 4 members (excludes halogenated alkanes) is 1.